The first kappa shape index (κ1) is 25.9. The average Bonchev–Trinajstić information content (AvgIpc) is 2.87. The van der Waals surface area contributed by atoms with E-state index >= 15 is 0 Å². The van der Waals surface area contributed by atoms with E-state index in [1.54, 1.807) is 28.3 Å². The summed E-state index contributed by atoms with van der Waals surface area (Å²) < 4.78 is 22.8. The van der Waals surface area contributed by atoms with Gasteiger partial charge in [0.2, 0.25) is 0 Å². The summed E-state index contributed by atoms with van der Waals surface area (Å²) in [6, 6.07) is 11.3. The lowest BCUT2D eigenvalue weighted by Gasteiger charge is -2.37. The highest BCUT2D eigenvalue weighted by atomic mass is 79.9. The Balaban J connectivity index is 1.83. The van der Waals surface area contributed by atoms with E-state index in [0.29, 0.717) is 47.1 Å². The molecule has 0 saturated carbocycles. The Bertz CT molecular complexity index is 1250. The van der Waals surface area contributed by atoms with Crippen molar-refractivity contribution in [2.24, 2.45) is 10.9 Å². The number of rotatable bonds is 7. The minimum absolute atomic E-state index is 0.0337. The van der Waals surface area contributed by atoms with Crippen LogP contribution in [0.2, 0.25) is 0 Å². The Morgan fingerprint density at radius 1 is 1.00 bits per heavy atom. The number of aliphatic imine (C=N–C) groups is 1. The average molecular weight is 556 g/mol. The summed E-state index contributed by atoms with van der Waals surface area (Å²) in [5, 5.41) is 0. The van der Waals surface area contributed by atoms with Crippen molar-refractivity contribution >= 4 is 33.4 Å². The lowest BCUT2D eigenvalue weighted by Crippen LogP contribution is -2.38. The molecule has 36 heavy (non-hydrogen) atoms. The SMILES string of the molecule is CCOC(=O)C1C(C)=NC2=C(C(=O)C[C@@H](c3ccc(OC)c(OC)c3)C2)[C@@H]1c1cc(Br)ccc1OC. The van der Waals surface area contributed by atoms with Gasteiger partial charge >= 0.3 is 5.97 Å². The van der Waals surface area contributed by atoms with Crippen molar-refractivity contribution in [2.75, 3.05) is 27.9 Å². The minimum Gasteiger partial charge on any atom is -0.496 e. The van der Waals surface area contributed by atoms with E-state index in [9.17, 15) is 9.59 Å². The lowest BCUT2D eigenvalue weighted by atomic mass is 9.69. The molecular weight excluding hydrogens is 526 g/mol. The van der Waals surface area contributed by atoms with Crippen LogP contribution in [-0.2, 0) is 14.3 Å². The largest absolute Gasteiger partial charge is 0.496 e. The van der Waals surface area contributed by atoms with E-state index in [2.05, 4.69) is 15.9 Å². The van der Waals surface area contributed by atoms with Gasteiger partial charge in [0.05, 0.1) is 27.9 Å². The Morgan fingerprint density at radius 2 is 1.69 bits per heavy atom. The van der Waals surface area contributed by atoms with Crippen LogP contribution in [0.5, 0.6) is 17.2 Å². The third-order valence-electron chi connectivity index (χ3n) is 6.83. The number of carbonyl (C=O) groups is 2. The number of methoxy groups -OCH3 is 3. The van der Waals surface area contributed by atoms with E-state index in [4.69, 9.17) is 23.9 Å². The predicted octanol–water partition coefficient (Wildman–Crippen LogP) is 5.61. The second-order valence-electron chi connectivity index (χ2n) is 8.85. The maximum Gasteiger partial charge on any atom is 0.315 e. The zero-order valence-corrected chi connectivity index (χ0v) is 22.7. The summed E-state index contributed by atoms with van der Waals surface area (Å²) in [6.07, 6.45) is 0.863. The standard InChI is InChI=1S/C28H30BrNO6/c1-6-36-28(32)25-15(2)30-20-11-17(16-7-9-23(34-4)24(13-16)35-5)12-21(31)27(20)26(25)19-14-18(29)8-10-22(19)33-3/h7-10,13-14,17,25-26H,6,11-12H2,1-5H3/t17-,25?,26+/m0/s1. The first-order valence-electron chi connectivity index (χ1n) is 11.9. The Labute approximate surface area is 219 Å². The van der Waals surface area contributed by atoms with Crippen LogP contribution >= 0.6 is 15.9 Å². The first-order chi connectivity index (χ1) is 17.3. The van der Waals surface area contributed by atoms with Crippen molar-refractivity contribution in [3.63, 3.8) is 0 Å². The van der Waals surface area contributed by atoms with Crippen molar-refractivity contribution in [3.8, 4) is 17.2 Å². The second-order valence-corrected chi connectivity index (χ2v) is 9.77. The molecule has 0 radical (unpaired) electrons. The van der Waals surface area contributed by atoms with Crippen molar-refractivity contribution in [3.05, 3.63) is 63.3 Å². The molecule has 2 aromatic carbocycles. The molecule has 2 aromatic rings. The van der Waals surface area contributed by atoms with E-state index in [-0.39, 0.29) is 18.3 Å². The molecule has 190 valence electrons. The minimum atomic E-state index is -0.714. The molecule has 0 N–H and O–H groups in total. The molecule has 0 fully saturated rings. The van der Waals surface area contributed by atoms with E-state index in [1.807, 2.05) is 43.3 Å². The summed E-state index contributed by atoms with van der Waals surface area (Å²) in [6.45, 7) is 3.84. The number of hydrogen-bond donors (Lipinski definition) is 0. The van der Waals surface area contributed by atoms with Gasteiger partial charge in [-0.15, -0.1) is 0 Å². The molecule has 0 bridgehead atoms. The zero-order valence-electron chi connectivity index (χ0n) is 21.1. The third kappa shape index (κ3) is 4.78. The maximum absolute atomic E-state index is 13.8. The summed E-state index contributed by atoms with van der Waals surface area (Å²) in [7, 11) is 4.77. The van der Waals surface area contributed by atoms with Crippen LogP contribution in [0.25, 0.3) is 0 Å². The number of carbonyl (C=O) groups excluding carboxylic acids is 2. The monoisotopic (exact) mass is 555 g/mol. The Hall–Kier alpha value is -3.13. The molecular formula is C28H30BrNO6. The van der Waals surface area contributed by atoms with Crippen LogP contribution in [0, 0.1) is 5.92 Å². The quantitative estimate of drug-likeness (QED) is 0.412. The molecule has 8 heteroatoms. The van der Waals surface area contributed by atoms with Gasteiger partial charge in [-0.05, 0) is 62.1 Å². The highest BCUT2D eigenvalue weighted by molar-refractivity contribution is 9.10. The van der Waals surface area contributed by atoms with E-state index < -0.39 is 17.8 Å². The highest BCUT2D eigenvalue weighted by Gasteiger charge is 2.45. The van der Waals surface area contributed by atoms with Gasteiger partial charge in [0.15, 0.2) is 17.3 Å². The van der Waals surface area contributed by atoms with E-state index in [0.717, 1.165) is 15.6 Å². The maximum atomic E-state index is 13.8. The predicted molar refractivity (Wildman–Crippen MR) is 140 cm³/mol. The molecule has 1 heterocycles. The van der Waals surface area contributed by atoms with Gasteiger partial charge in [-0.3, -0.25) is 14.6 Å². The number of esters is 1. The molecule has 0 aromatic heterocycles. The fraction of sp³-hybridized carbons (Fsp3) is 0.393. The fourth-order valence-corrected chi connectivity index (χ4v) is 5.60. The number of ketones is 1. The van der Waals surface area contributed by atoms with Crippen LogP contribution in [0.3, 0.4) is 0 Å². The van der Waals surface area contributed by atoms with Crippen LogP contribution in [0.15, 0.2) is 57.1 Å². The molecule has 7 nitrogen and oxygen atoms in total. The molecule has 1 aliphatic heterocycles. The second kappa shape index (κ2) is 10.9. The molecule has 2 aliphatic rings. The Kier molecular flexibility index (Phi) is 7.83. The van der Waals surface area contributed by atoms with Gasteiger partial charge in [0.1, 0.15) is 11.7 Å². The van der Waals surface area contributed by atoms with Crippen molar-refractivity contribution < 1.29 is 28.5 Å². The van der Waals surface area contributed by atoms with Crippen molar-refractivity contribution in [1.29, 1.82) is 0 Å². The molecule has 0 saturated heterocycles. The van der Waals surface area contributed by atoms with Gasteiger partial charge < -0.3 is 18.9 Å². The van der Waals surface area contributed by atoms with Gasteiger partial charge in [0, 0.05) is 39.4 Å². The number of hydrogen-bond acceptors (Lipinski definition) is 7. The number of allylic oxidation sites excluding steroid dienone is 2. The molecule has 1 aliphatic carbocycles. The van der Waals surface area contributed by atoms with Gasteiger partial charge in [0.25, 0.3) is 0 Å². The molecule has 4 rings (SSSR count). The number of benzene rings is 2. The number of nitrogens with zero attached hydrogens (tertiary/aromatic N) is 1. The topological polar surface area (TPSA) is 83.4 Å². The number of ether oxygens (including phenoxy) is 4. The zero-order chi connectivity index (χ0) is 26.0. The first-order valence-corrected chi connectivity index (χ1v) is 12.7. The van der Waals surface area contributed by atoms with Crippen LogP contribution in [0.4, 0.5) is 0 Å². The highest BCUT2D eigenvalue weighted by Crippen LogP contribution is 2.49. The third-order valence-corrected chi connectivity index (χ3v) is 7.33. The molecule has 1 unspecified atom stereocenters. The summed E-state index contributed by atoms with van der Waals surface area (Å²) in [5.41, 5.74) is 3.62. The Morgan fingerprint density at radius 3 is 2.36 bits per heavy atom. The van der Waals surface area contributed by atoms with Gasteiger partial charge in [-0.1, -0.05) is 22.0 Å². The molecule has 3 atom stereocenters. The van der Waals surface area contributed by atoms with Gasteiger partial charge in [-0.25, -0.2) is 0 Å². The summed E-state index contributed by atoms with van der Waals surface area (Å²) >= 11 is 3.54. The van der Waals surface area contributed by atoms with Crippen molar-refractivity contribution in [2.45, 2.75) is 38.5 Å². The van der Waals surface area contributed by atoms with Crippen LogP contribution in [0.1, 0.15) is 49.7 Å². The summed E-state index contributed by atoms with van der Waals surface area (Å²) in [4.78, 5) is 31.8. The smallest absolute Gasteiger partial charge is 0.315 e. The summed E-state index contributed by atoms with van der Waals surface area (Å²) in [5.74, 6) is 0.0846. The van der Waals surface area contributed by atoms with Crippen LogP contribution < -0.4 is 14.2 Å². The lowest BCUT2D eigenvalue weighted by molar-refractivity contribution is -0.146. The van der Waals surface area contributed by atoms with Crippen molar-refractivity contribution in [1.82, 2.24) is 0 Å². The van der Waals surface area contributed by atoms with Gasteiger partial charge in [-0.2, -0.15) is 0 Å². The molecule has 0 amide bonds. The molecule has 0 spiro atoms. The normalized spacial score (nSPS) is 21.4. The number of halogens is 1. The van der Waals surface area contributed by atoms with Crippen LogP contribution in [-0.4, -0.2) is 45.4 Å². The van der Waals surface area contributed by atoms with E-state index in [1.165, 1.54) is 0 Å². The number of Topliss-reactive ketones (excluding diaryl/α,β-unsaturated/α-hetero) is 1. The fourth-order valence-electron chi connectivity index (χ4n) is 5.22.